The van der Waals surface area contributed by atoms with Gasteiger partial charge >= 0.3 is 0 Å². The largest absolute Gasteiger partial charge is 0.508 e. The smallest absolute Gasteiger partial charge is 0.255 e. The summed E-state index contributed by atoms with van der Waals surface area (Å²) in [6.07, 6.45) is 2.95. The van der Waals surface area contributed by atoms with Crippen LogP contribution in [0, 0.1) is 5.92 Å². The third kappa shape index (κ3) is 7.25. The van der Waals surface area contributed by atoms with Crippen LogP contribution < -0.4 is 24.6 Å². The second-order valence-corrected chi connectivity index (χ2v) is 17.2. The van der Waals surface area contributed by atoms with Gasteiger partial charge in [-0.3, -0.25) is 24.6 Å². The van der Waals surface area contributed by atoms with Gasteiger partial charge in [0.1, 0.15) is 28.9 Å². The van der Waals surface area contributed by atoms with Crippen molar-refractivity contribution in [1.29, 1.82) is 0 Å². The fourth-order valence-corrected chi connectivity index (χ4v) is 10.2. The Morgan fingerprint density at radius 1 is 0.810 bits per heavy atom. The number of piperazine rings is 1. The first-order chi connectivity index (χ1) is 28.0. The van der Waals surface area contributed by atoms with Crippen LogP contribution in [0.1, 0.15) is 84.0 Å². The summed E-state index contributed by atoms with van der Waals surface area (Å²) in [5, 5.41) is 12.7. The Labute approximate surface area is 340 Å². The Kier molecular flexibility index (Phi) is 10.0. The number of amides is 3. The quantitative estimate of drug-likeness (QED) is 0.199. The zero-order valence-electron chi connectivity index (χ0n) is 33.7. The van der Waals surface area contributed by atoms with Crippen molar-refractivity contribution in [2.24, 2.45) is 5.92 Å². The first kappa shape index (κ1) is 38.0. The Morgan fingerprint density at radius 3 is 2.29 bits per heavy atom. The topological polar surface area (TPSA) is 115 Å². The maximum Gasteiger partial charge on any atom is 0.255 e. The number of phenolic OH excluding ortho intramolecular Hbond substituents is 1. The summed E-state index contributed by atoms with van der Waals surface area (Å²) in [5.74, 6) is 1.66. The predicted octanol–water partition coefficient (Wildman–Crippen LogP) is 6.29. The molecule has 4 aromatic carbocycles. The Balaban J connectivity index is 0.805. The number of nitrogens with one attached hydrogen (secondary N) is 1. The molecule has 0 bridgehead atoms. The number of ether oxygens (including phenoxy) is 2. The van der Waals surface area contributed by atoms with Crippen molar-refractivity contribution in [3.63, 3.8) is 0 Å². The molecule has 58 heavy (non-hydrogen) atoms. The van der Waals surface area contributed by atoms with Crippen molar-refractivity contribution in [2.45, 2.75) is 69.6 Å². The molecule has 11 nitrogen and oxygen atoms in total. The van der Waals surface area contributed by atoms with E-state index in [1.54, 1.807) is 24.1 Å². The first-order valence-electron chi connectivity index (χ1n) is 20.8. The molecule has 302 valence electrons. The summed E-state index contributed by atoms with van der Waals surface area (Å²) in [7, 11) is 1.70. The molecule has 0 aliphatic carbocycles. The molecule has 0 saturated carbocycles. The Morgan fingerprint density at radius 2 is 1.55 bits per heavy atom. The molecule has 3 fully saturated rings. The van der Waals surface area contributed by atoms with Gasteiger partial charge < -0.3 is 29.3 Å². The van der Waals surface area contributed by atoms with E-state index in [-0.39, 0.29) is 41.7 Å². The van der Waals surface area contributed by atoms with E-state index >= 15 is 0 Å². The van der Waals surface area contributed by atoms with E-state index in [2.05, 4.69) is 76.3 Å². The lowest BCUT2D eigenvalue weighted by atomic mass is 9.68. The number of piperidine rings is 2. The van der Waals surface area contributed by atoms with Gasteiger partial charge in [-0.05, 0) is 104 Å². The van der Waals surface area contributed by atoms with Gasteiger partial charge in [-0.1, -0.05) is 30.3 Å². The van der Waals surface area contributed by atoms with Gasteiger partial charge in [-0.2, -0.15) is 0 Å². The molecule has 3 saturated heterocycles. The zero-order valence-corrected chi connectivity index (χ0v) is 33.7. The minimum absolute atomic E-state index is 0.0139. The minimum atomic E-state index is -0.595. The number of carbonyl (C=O) groups excluding carboxylic acids is 3. The molecule has 3 atom stereocenters. The third-order valence-electron chi connectivity index (χ3n) is 13.2. The van der Waals surface area contributed by atoms with Crippen molar-refractivity contribution >= 4 is 29.1 Å². The average Bonchev–Trinajstić information content (AvgIpc) is 3.55. The summed E-state index contributed by atoms with van der Waals surface area (Å²) in [5.41, 5.74) is 6.88. The van der Waals surface area contributed by atoms with E-state index in [1.165, 1.54) is 11.3 Å². The summed E-state index contributed by atoms with van der Waals surface area (Å²) >= 11 is 0. The Hall–Kier alpha value is -5.55. The fourth-order valence-electron chi connectivity index (χ4n) is 10.2. The molecule has 5 aliphatic rings. The molecule has 5 aliphatic heterocycles. The number of carbonyl (C=O) groups is 3. The average molecular weight is 784 g/mol. The van der Waals surface area contributed by atoms with Gasteiger partial charge in [0, 0.05) is 99.2 Å². The van der Waals surface area contributed by atoms with Crippen molar-refractivity contribution < 1.29 is 29.0 Å². The van der Waals surface area contributed by atoms with Crippen LogP contribution in [-0.2, 0) is 16.1 Å². The molecular formula is C47H53N5O6. The van der Waals surface area contributed by atoms with Crippen molar-refractivity contribution in [3.8, 4) is 17.2 Å². The van der Waals surface area contributed by atoms with Crippen LogP contribution in [-0.4, -0.2) is 97.2 Å². The Bertz CT molecular complexity index is 2210. The highest BCUT2D eigenvalue weighted by atomic mass is 16.5. The van der Waals surface area contributed by atoms with E-state index in [4.69, 9.17) is 9.47 Å². The van der Waals surface area contributed by atoms with Crippen LogP contribution in [0.15, 0.2) is 84.9 Å². The van der Waals surface area contributed by atoms with Crippen LogP contribution in [0.4, 0.5) is 11.4 Å². The van der Waals surface area contributed by atoms with Gasteiger partial charge in [0.2, 0.25) is 11.8 Å². The summed E-state index contributed by atoms with van der Waals surface area (Å²) in [4.78, 5) is 46.5. The lowest BCUT2D eigenvalue weighted by Gasteiger charge is -2.46. The molecule has 0 unspecified atom stereocenters. The van der Waals surface area contributed by atoms with Crippen LogP contribution in [0.3, 0.4) is 0 Å². The lowest BCUT2D eigenvalue weighted by molar-refractivity contribution is -0.136. The minimum Gasteiger partial charge on any atom is -0.508 e. The second-order valence-electron chi connectivity index (χ2n) is 17.2. The first-order valence-corrected chi connectivity index (χ1v) is 20.8. The molecule has 0 spiro atoms. The van der Waals surface area contributed by atoms with Crippen molar-refractivity contribution in [1.82, 2.24) is 15.1 Å². The number of rotatable bonds is 8. The molecule has 3 amide bonds. The predicted molar refractivity (Wildman–Crippen MR) is 223 cm³/mol. The monoisotopic (exact) mass is 783 g/mol. The van der Waals surface area contributed by atoms with Crippen LogP contribution in [0.25, 0.3) is 0 Å². The van der Waals surface area contributed by atoms with E-state index in [1.807, 2.05) is 30.3 Å². The summed E-state index contributed by atoms with van der Waals surface area (Å²) < 4.78 is 12.2. The van der Waals surface area contributed by atoms with E-state index < -0.39 is 11.6 Å². The normalized spacial score (nSPS) is 23.6. The number of anilines is 2. The number of phenols is 1. The molecule has 0 radical (unpaired) electrons. The van der Waals surface area contributed by atoms with E-state index in [0.29, 0.717) is 24.4 Å². The molecule has 0 aromatic heterocycles. The molecule has 5 heterocycles. The standard InChI is InChI=1S/C47H53N5O6/c1-47(2)44(32-5-4-6-37(26-32)57-3)43(39-14-12-36(53)27-41(39)58-47)31-7-9-34(10-8-31)50-19-17-30(18-20-50)28-49-21-23-51(24-22-49)35-11-13-38-33(25-35)29-52(46(38)56)40-15-16-42(54)48-45(40)55/h4-14,25-27,30,40,43-44,53H,15-24,28-29H2,1-3H3,(H,48,54,55)/t40-,43+,44+/m0/s1. The molecule has 9 rings (SSSR count). The van der Waals surface area contributed by atoms with Gasteiger partial charge in [0.05, 0.1) is 7.11 Å². The highest BCUT2D eigenvalue weighted by Gasteiger charge is 2.46. The van der Waals surface area contributed by atoms with E-state index in [9.17, 15) is 19.5 Å². The van der Waals surface area contributed by atoms with Crippen molar-refractivity contribution in [3.05, 3.63) is 113 Å². The number of benzene rings is 4. The summed E-state index contributed by atoms with van der Waals surface area (Å²) in [6.45, 7) is 11.7. The number of methoxy groups -OCH3 is 1. The van der Waals surface area contributed by atoms with Gasteiger partial charge in [-0.15, -0.1) is 0 Å². The highest BCUT2D eigenvalue weighted by molar-refractivity contribution is 6.05. The lowest BCUT2D eigenvalue weighted by Crippen LogP contribution is -2.52. The number of hydrogen-bond acceptors (Lipinski definition) is 9. The summed E-state index contributed by atoms with van der Waals surface area (Å²) in [6, 6.07) is 28.4. The number of fused-ring (bicyclic) bond motifs is 2. The number of aromatic hydroxyl groups is 1. The van der Waals surface area contributed by atoms with E-state index in [0.717, 1.165) is 92.5 Å². The molecule has 4 aromatic rings. The van der Waals surface area contributed by atoms with Crippen LogP contribution >= 0.6 is 0 Å². The zero-order chi connectivity index (χ0) is 40.1. The number of nitrogens with zero attached hydrogens (tertiary/aromatic N) is 4. The maximum absolute atomic E-state index is 13.2. The van der Waals surface area contributed by atoms with Gasteiger partial charge in [0.25, 0.3) is 5.91 Å². The van der Waals surface area contributed by atoms with Crippen LogP contribution in [0.5, 0.6) is 17.2 Å². The van der Waals surface area contributed by atoms with Gasteiger partial charge in [0.15, 0.2) is 0 Å². The molecule has 2 N–H and O–H groups in total. The number of imide groups is 1. The molecule has 11 heteroatoms. The number of hydrogen-bond donors (Lipinski definition) is 2. The second kappa shape index (κ2) is 15.3. The van der Waals surface area contributed by atoms with Crippen LogP contribution in [0.2, 0.25) is 0 Å². The maximum atomic E-state index is 13.2. The highest BCUT2D eigenvalue weighted by Crippen LogP contribution is 2.54. The SMILES string of the molecule is COc1cccc([C@@H]2[C@H](c3ccc(N4CCC(CN5CCN(c6ccc7c(c6)CN([C@H]6CCC(=O)NC6=O)C7=O)CC5)CC4)cc3)c3ccc(O)cc3OC2(C)C)c1. The van der Waals surface area contributed by atoms with Crippen molar-refractivity contribution in [2.75, 3.05) is 62.7 Å². The van der Waals surface area contributed by atoms with Gasteiger partial charge in [-0.25, -0.2) is 0 Å². The molecular weight excluding hydrogens is 731 g/mol. The fraction of sp³-hybridized carbons (Fsp3) is 0.426. The third-order valence-corrected chi connectivity index (χ3v) is 13.2.